The van der Waals surface area contributed by atoms with Gasteiger partial charge in [0.1, 0.15) is 17.1 Å². The third-order valence-electron chi connectivity index (χ3n) is 7.29. The number of aromatic nitrogens is 5. The molecule has 3 heterocycles. The summed E-state index contributed by atoms with van der Waals surface area (Å²) in [4.78, 5) is 39.5. The number of halogens is 2. The van der Waals surface area contributed by atoms with Crippen LogP contribution >= 0.6 is 11.6 Å². The minimum atomic E-state index is -0.679. The van der Waals surface area contributed by atoms with Crippen LogP contribution in [0.1, 0.15) is 21.6 Å². The van der Waals surface area contributed by atoms with Gasteiger partial charge in [-0.15, -0.1) is 0 Å². The van der Waals surface area contributed by atoms with E-state index in [-0.39, 0.29) is 33.2 Å². The first kappa shape index (κ1) is 36.9. The molecule has 0 aliphatic carbocycles. The molecule has 1 amide bonds. The molecule has 49 heavy (non-hydrogen) atoms. The zero-order valence-corrected chi connectivity index (χ0v) is 29.5. The molecule has 260 valence electrons. The molecule has 0 unspecified atom stereocenters. The highest BCUT2D eigenvalue weighted by Crippen LogP contribution is 2.44. The molecule has 0 saturated heterocycles. The summed E-state index contributed by atoms with van der Waals surface area (Å²) in [7, 11) is 12.9. The molecule has 0 saturated carbocycles. The summed E-state index contributed by atoms with van der Waals surface area (Å²) in [6.07, 6.45) is 6.39. The lowest BCUT2D eigenvalue weighted by atomic mass is 9.99. The molecule has 0 fully saturated rings. The van der Waals surface area contributed by atoms with Crippen LogP contribution in [0, 0.1) is 5.82 Å². The summed E-state index contributed by atoms with van der Waals surface area (Å²) >= 11 is 6.46. The standard InChI is InChI=1S/C23H22ClFN6O3.C11H20N4/c1-31(2)11-12-10-28-23(29-12)30-22(32)14-6-5-13(20-21(14)27-8-7-26-20)17-18(24)15(33-3)9-16(34-4)19(17)25;1-14(2)6-7-15(3)9-10-4-5-11(12)13-8-10/h5-10H,11H2,1-4H3,(H2,28,29,30,32);4-5,8H,6-7,9H2,1-3H3,(H2,12,13). The van der Waals surface area contributed by atoms with Gasteiger partial charge in [0.15, 0.2) is 11.6 Å². The maximum atomic E-state index is 15.3. The molecule has 5 rings (SSSR count). The van der Waals surface area contributed by atoms with Crippen molar-refractivity contribution in [3.63, 3.8) is 0 Å². The average molecular weight is 693 g/mol. The van der Waals surface area contributed by atoms with E-state index in [1.165, 1.54) is 44.3 Å². The number of nitrogen functional groups attached to an aromatic ring is 1. The number of ether oxygens (including phenoxy) is 2. The number of rotatable bonds is 12. The Bertz CT molecular complexity index is 1840. The van der Waals surface area contributed by atoms with E-state index in [1.807, 2.05) is 37.3 Å². The first-order valence-electron chi connectivity index (χ1n) is 15.3. The molecule has 5 aromatic rings. The number of carbonyl (C=O) groups is 1. The van der Waals surface area contributed by atoms with Crippen molar-refractivity contribution in [3.8, 4) is 22.6 Å². The number of imidazole rings is 1. The van der Waals surface area contributed by atoms with E-state index < -0.39 is 11.7 Å². The van der Waals surface area contributed by atoms with Crippen LogP contribution < -0.4 is 20.5 Å². The van der Waals surface area contributed by atoms with E-state index in [0.29, 0.717) is 29.4 Å². The predicted octanol–water partition coefficient (Wildman–Crippen LogP) is 4.80. The number of aromatic amines is 1. The summed E-state index contributed by atoms with van der Waals surface area (Å²) in [5.41, 5.74) is 8.75. The van der Waals surface area contributed by atoms with Crippen molar-refractivity contribution >= 4 is 40.3 Å². The van der Waals surface area contributed by atoms with Crippen molar-refractivity contribution in [1.82, 2.24) is 39.6 Å². The van der Waals surface area contributed by atoms with Crippen molar-refractivity contribution in [2.24, 2.45) is 0 Å². The highest BCUT2D eigenvalue weighted by molar-refractivity contribution is 6.35. The van der Waals surface area contributed by atoms with Gasteiger partial charge in [0, 0.05) is 62.0 Å². The number of benzene rings is 2. The number of nitrogens with one attached hydrogen (secondary N) is 2. The van der Waals surface area contributed by atoms with Crippen LogP contribution in [0.25, 0.3) is 22.2 Å². The summed E-state index contributed by atoms with van der Waals surface area (Å²) in [5, 5.41) is 2.78. The van der Waals surface area contributed by atoms with E-state index >= 15 is 4.39 Å². The predicted molar refractivity (Wildman–Crippen MR) is 191 cm³/mol. The Balaban J connectivity index is 0.000000302. The maximum absolute atomic E-state index is 15.3. The molecule has 0 radical (unpaired) electrons. The zero-order valence-electron chi connectivity index (χ0n) is 28.7. The number of amides is 1. The fraction of sp³-hybridized carbons (Fsp3) is 0.324. The van der Waals surface area contributed by atoms with Crippen molar-refractivity contribution in [3.05, 3.63) is 82.8 Å². The number of hydrogen-bond acceptors (Lipinski definition) is 11. The van der Waals surface area contributed by atoms with Crippen LogP contribution in [0.2, 0.25) is 5.02 Å². The molecule has 0 bridgehead atoms. The van der Waals surface area contributed by atoms with E-state index in [1.54, 1.807) is 12.3 Å². The maximum Gasteiger partial charge on any atom is 0.260 e. The van der Waals surface area contributed by atoms with E-state index in [2.05, 4.69) is 61.2 Å². The molecule has 0 spiro atoms. The topological polar surface area (TPSA) is 151 Å². The van der Waals surface area contributed by atoms with Crippen LogP contribution in [-0.4, -0.2) is 108 Å². The average Bonchev–Trinajstić information content (AvgIpc) is 3.51. The van der Waals surface area contributed by atoms with Gasteiger partial charge in [-0.25, -0.2) is 14.4 Å². The third-order valence-corrected chi connectivity index (χ3v) is 7.66. The number of fused-ring (bicyclic) bond motifs is 1. The second-order valence-electron chi connectivity index (χ2n) is 11.8. The van der Waals surface area contributed by atoms with Gasteiger partial charge in [-0.1, -0.05) is 23.7 Å². The van der Waals surface area contributed by atoms with Gasteiger partial charge in [0.25, 0.3) is 5.91 Å². The summed E-state index contributed by atoms with van der Waals surface area (Å²) in [6, 6.07) is 8.33. The Morgan fingerprint density at radius 3 is 2.24 bits per heavy atom. The van der Waals surface area contributed by atoms with Gasteiger partial charge in [0.05, 0.1) is 42.2 Å². The zero-order chi connectivity index (χ0) is 35.7. The van der Waals surface area contributed by atoms with Crippen LogP contribution in [-0.2, 0) is 13.1 Å². The first-order valence-corrected chi connectivity index (χ1v) is 15.7. The lowest BCUT2D eigenvalue weighted by Crippen LogP contribution is -2.28. The highest BCUT2D eigenvalue weighted by Gasteiger charge is 2.24. The summed E-state index contributed by atoms with van der Waals surface area (Å²) in [5.74, 6) is -0.0510. The van der Waals surface area contributed by atoms with Gasteiger partial charge >= 0.3 is 0 Å². The summed E-state index contributed by atoms with van der Waals surface area (Å²) in [6.45, 7) is 3.68. The lowest BCUT2D eigenvalue weighted by molar-refractivity contribution is 0.102. The normalized spacial score (nSPS) is 11.2. The van der Waals surface area contributed by atoms with Crippen molar-refractivity contribution in [2.45, 2.75) is 13.1 Å². The first-order chi connectivity index (χ1) is 23.4. The van der Waals surface area contributed by atoms with Crippen molar-refractivity contribution in [1.29, 1.82) is 0 Å². The largest absolute Gasteiger partial charge is 0.495 e. The second-order valence-corrected chi connectivity index (χ2v) is 12.2. The molecule has 3 aromatic heterocycles. The minimum absolute atomic E-state index is 0.0367. The number of nitrogens with zero attached hydrogens (tertiary/aromatic N) is 7. The number of pyridine rings is 1. The molecular formula is C34H42ClFN10O3. The lowest BCUT2D eigenvalue weighted by Gasteiger charge is -2.19. The molecule has 4 N–H and O–H groups in total. The molecule has 0 aliphatic rings. The fourth-order valence-electron chi connectivity index (χ4n) is 4.87. The Morgan fingerprint density at radius 2 is 1.61 bits per heavy atom. The van der Waals surface area contributed by atoms with Crippen LogP contribution in [0.5, 0.6) is 11.5 Å². The van der Waals surface area contributed by atoms with Crippen LogP contribution in [0.3, 0.4) is 0 Å². The number of nitrogens with two attached hydrogens (primary N) is 1. The number of likely N-dealkylation sites (N-methyl/N-ethyl adjacent to an activating group) is 2. The Labute approximate surface area is 290 Å². The van der Waals surface area contributed by atoms with Gasteiger partial charge < -0.3 is 34.9 Å². The minimum Gasteiger partial charge on any atom is -0.495 e. The number of methoxy groups -OCH3 is 2. The number of carbonyl (C=O) groups excluding carboxylic acids is 1. The number of anilines is 2. The van der Waals surface area contributed by atoms with Gasteiger partial charge in [-0.2, -0.15) is 0 Å². The van der Waals surface area contributed by atoms with Crippen LogP contribution in [0.4, 0.5) is 16.2 Å². The number of hydrogen-bond donors (Lipinski definition) is 3. The fourth-order valence-corrected chi connectivity index (χ4v) is 5.19. The quantitative estimate of drug-likeness (QED) is 0.165. The SMILES string of the molecule is CN(C)CCN(C)Cc1ccc(N)nc1.COc1cc(OC)c(Cl)c(-c2ccc(C(=O)Nc3ncc(CN(C)C)[nH]3)c3nccnc23)c1F. The third kappa shape index (κ3) is 9.60. The van der Waals surface area contributed by atoms with Gasteiger partial charge in [-0.05, 0) is 52.9 Å². The van der Waals surface area contributed by atoms with Crippen molar-refractivity contribution < 1.29 is 18.7 Å². The Morgan fingerprint density at radius 1 is 0.898 bits per heavy atom. The Kier molecular flexibility index (Phi) is 12.8. The van der Waals surface area contributed by atoms with Gasteiger partial charge in [-0.3, -0.25) is 20.1 Å². The smallest absolute Gasteiger partial charge is 0.260 e. The van der Waals surface area contributed by atoms with E-state index in [9.17, 15) is 4.79 Å². The van der Waals surface area contributed by atoms with Gasteiger partial charge in [0.2, 0.25) is 5.95 Å². The van der Waals surface area contributed by atoms with E-state index in [4.69, 9.17) is 26.8 Å². The molecule has 13 nitrogen and oxygen atoms in total. The van der Waals surface area contributed by atoms with Crippen LogP contribution in [0.15, 0.2) is 55.1 Å². The molecule has 2 aromatic carbocycles. The monoisotopic (exact) mass is 692 g/mol. The molecule has 0 atom stereocenters. The Hall–Kier alpha value is -4.89. The molecular weight excluding hydrogens is 651 g/mol. The van der Waals surface area contributed by atoms with Crippen molar-refractivity contribution in [2.75, 3.05) is 73.6 Å². The van der Waals surface area contributed by atoms with E-state index in [0.717, 1.165) is 25.3 Å². The second kappa shape index (κ2) is 17.0. The number of H-pyrrole nitrogens is 1. The molecule has 0 aliphatic heterocycles. The highest BCUT2D eigenvalue weighted by atomic mass is 35.5. The molecule has 15 heteroatoms. The summed E-state index contributed by atoms with van der Waals surface area (Å²) < 4.78 is 25.7.